The molecule has 0 unspecified atom stereocenters. The van der Waals surface area contributed by atoms with Crippen LogP contribution in [0.5, 0.6) is 0 Å². The lowest BCUT2D eigenvalue weighted by Crippen LogP contribution is -2.02. The molecule has 0 atom stereocenters. The van der Waals surface area contributed by atoms with Crippen LogP contribution < -0.4 is 5.32 Å². The van der Waals surface area contributed by atoms with Crippen molar-refractivity contribution < 1.29 is 9.90 Å². The van der Waals surface area contributed by atoms with Gasteiger partial charge in [-0.05, 0) is 36.6 Å². The highest BCUT2D eigenvalue weighted by Gasteiger charge is 2.11. The van der Waals surface area contributed by atoms with Crippen molar-refractivity contribution in [2.75, 3.05) is 11.6 Å². The number of nitrogens with zero attached hydrogens (tertiary/aromatic N) is 1. The topological polar surface area (TPSA) is 62.2 Å². The van der Waals surface area contributed by atoms with Crippen LogP contribution in [-0.4, -0.2) is 22.3 Å². The second-order valence-electron chi connectivity index (χ2n) is 4.73. The molecule has 0 aliphatic heterocycles. The van der Waals surface area contributed by atoms with Gasteiger partial charge in [-0.25, -0.2) is 9.78 Å². The summed E-state index contributed by atoms with van der Waals surface area (Å²) in [6.07, 6.45) is 2.01. The summed E-state index contributed by atoms with van der Waals surface area (Å²) in [6, 6.07) is 16.7. The summed E-state index contributed by atoms with van der Waals surface area (Å²) in [5, 5.41) is 13.2. The van der Waals surface area contributed by atoms with Gasteiger partial charge in [0.15, 0.2) is 0 Å². The summed E-state index contributed by atoms with van der Waals surface area (Å²) in [7, 11) is 0. The average Bonchev–Trinajstić information content (AvgIpc) is 2.54. The van der Waals surface area contributed by atoms with Crippen LogP contribution in [0.15, 0.2) is 59.5 Å². The number of pyridine rings is 1. The predicted molar refractivity (Wildman–Crippen MR) is 90.2 cm³/mol. The Balaban J connectivity index is 2.05. The minimum Gasteiger partial charge on any atom is -0.478 e. The van der Waals surface area contributed by atoms with Gasteiger partial charge in [0, 0.05) is 16.0 Å². The summed E-state index contributed by atoms with van der Waals surface area (Å²) in [4.78, 5) is 17.1. The first-order valence-electron chi connectivity index (χ1n) is 6.71. The standard InChI is InChI=1S/C17H14N2O2S/c1-22-12-6-4-5-11(9-12)18-16-10-14(17(20)21)13-7-2-3-8-15(13)19-16/h2-10H,1H3,(H,18,19)(H,20,21). The van der Waals surface area contributed by atoms with Crippen molar-refractivity contribution in [1.82, 2.24) is 4.98 Å². The number of carboxylic acids is 1. The number of hydrogen-bond donors (Lipinski definition) is 2. The van der Waals surface area contributed by atoms with Crippen LogP contribution >= 0.6 is 11.8 Å². The number of carboxylic acid groups (broad SMARTS) is 1. The number of fused-ring (bicyclic) bond motifs is 1. The maximum absolute atomic E-state index is 11.5. The molecule has 22 heavy (non-hydrogen) atoms. The second-order valence-corrected chi connectivity index (χ2v) is 5.61. The molecule has 0 spiro atoms. The number of hydrogen-bond acceptors (Lipinski definition) is 4. The number of carbonyl (C=O) groups is 1. The minimum absolute atomic E-state index is 0.245. The number of rotatable bonds is 4. The quantitative estimate of drug-likeness (QED) is 0.699. The monoisotopic (exact) mass is 310 g/mol. The van der Waals surface area contributed by atoms with E-state index in [1.165, 1.54) is 0 Å². The fourth-order valence-corrected chi connectivity index (χ4v) is 2.72. The van der Waals surface area contributed by atoms with Gasteiger partial charge in [0.1, 0.15) is 5.82 Å². The van der Waals surface area contributed by atoms with Crippen molar-refractivity contribution in [1.29, 1.82) is 0 Å². The first kappa shape index (κ1) is 14.4. The fraction of sp³-hybridized carbons (Fsp3) is 0.0588. The van der Waals surface area contributed by atoms with Gasteiger partial charge in [0.2, 0.25) is 0 Å². The van der Waals surface area contributed by atoms with Crippen molar-refractivity contribution in [2.45, 2.75) is 4.90 Å². The molecular formula is C17H14N2O2S. The molecule has 5 heteroatoms. The van der Waals surface area contributed by atoms with E-state index < -0.39 is 5.97 Å². The van der Waals surface area contributed by atoms with Crippen molar-refractivity contribution >= 4 is 40.1 Å². The van der Waals surface area contributed by atoms with Gasteiger partial charge < -0.3 is 10.4 Å². The van der Waals surface area contributed by atoms with Gasteiger partial charge in [0.05, 0.1) is 11.1 Å². The summed E-state index contributed by atoms with van der Waals surface area (Å²) in [5.41, 5.74) is 1.78. The van der Waals surface area contributed by atoms with Gasteiger partial charge in [-0.3, -0.25) is 0 Å². The van der Waals surface area contributed by atoms with Crippen molar-refractivity contribution in [3.8, 4) is 0 Å². The smallest absolute Gasteiger partial charge is 0.336 e. The van der Waals surface area contributed by atoms with Crippen LogP contribution in [0.1, 0.15) is 10.4 Å². The van der Waals surface area contributed by atoms with E-state index in [0.29, 0.717) is 16.7 Å². The molecule has 0 aliphatic carbocycles. The number of benzene rings is 2. The van der Waals surface area contributed by atoms with E-state index in [-0.39, 0.29) is 5.56 Å². The van der Waals surface area contributed by atoms with Gasteiger partial charge in [-0.2, -0.15) is 0 Å². The maximum Gasteiger partial charge on any atom is 0.336 e. The zero-order valence-electron chi connectivity index (χ0n) is 11.9. The Kier molecular flexibility index (Phi) is 3.98. The van der Waals surface area contributed by atoms with E-state index in [0.717, 1.165) is 10.6 Å². The van der Waals surface area contributed by atoms with E-state index in [1.54, 1.807) is 23.9 Å². The van der Waals surface area contributed by atoms with Crippen molar-refractivity contribution in [2.24, 2.45) is 0 Å². The Bertz CT molecular complexity index is 849. The van der Waals surface area contributed by atoms with Crippen LogP contribution in [0.2, 0.25) is 0 Å². The van der Waals surface area contributed by atoms with Crippen LogP contribution in [0.4, 0.5) is 11.5 Å². The summed E-state index contributed by atoms with van der Waals surface area (Å²) < 4.78 is 0. The Labute approximate surface area is 132 Å². The number of nitrogens with one attached hydrogen (secondary N) is 1. The van der Waals surface area contributed by atoms with E-state index in [1.807, 2.05) is 48.7 Å². The zero-order chi connectivity index (χ0) is 15.5. The molecule has 3 aromatic rings. The molecule has 0 saturated heterocycles. The largest absolute Gasteiger partial charge is 0.478 e. The lowest BCUT2D eigenvalue weighted by molar-refractivity contribution is 0.0699. The van der Waals surface area contributed by atoms with E-state index in [4.69, 9.17) is 0 Å². The third-order valence-corrected chi connectivity index (χ3v) is 4.01. The molecular weight excluding hydrogens is 296 g/mol. The van der Waals surface area contributed by atoms with Gasteiger partial charge in [-0.15, -0.1) is 11.8 Å². The lowest BCUT2D eigenvalue weighted by atomic mass is 10.1. The Hall–Kier alpha value is -2.53. The molecule has 2 aromatic carbocycles. The molecule has 110 valence electrons. The molecule has 4 nitrogen and oxygen atoms in total. The first-order chi connectivity index (χ1) is 10.7. The second kappa shape index (κ2) is 6.07. The number of aromatic nitrogens is 1. The summed E-state index contributed by atoms with van der Waals surface area (Å²) in [5.74, 6) is -0.436. The number of thioether (sulfide) groups is 1. The normalized spacial score (nSPS) is 10.6. The molecule has 0 bridgehead atoms. The highest BCUT2D eigenvalue weighted by atomic mass is 32.2. The number of aromatic carboxylic acids is 1. The summed E-state index contributed by atoms with van der Waals surface area (Å²) >= 11 is 1.65. The van der Waals surface area contributed by atoms with Crippen LogP contribution in [0.3, 0.4) is 0 Å². The summed E-state index contributed by atoms with van der Waals surface area (Å²) in [6.45, 7) is 0. The highest BCUT2D eigenvalue weighted by molar-refractivity contribution is 7.98. The molecule has 0 aliphatic rings. The van der Waals surface area contributed by atoms with Gasteiger partial charge in [-0.1, -0.05) is 24.3 Å². The van der Waals surface area contributed by atoms with Gasteiger partial charge in [0.25, 0.3) is 0 Å². The predicted octanol–water partition coefficient (Wildman–Crippen LogP) is 4.40. The SMILES string of the molecule is CSc1cccc(Nc2cc(C(=O)O)c3ccccc3n2)c1. The van der Waals surface area contributed by atoms with Crippen LogP contribution in [0, 0.1) is 0 Å². The molecule has 1 heterocycles. The highest BCUT2D eigenvalue weighted by Crippen LogP contribution is 2.25. The minimum atomic E-state index is -0.959. The molecule has 2 N–H and O–H groups in total. The third kappa shape index (κ3) is 2.89. The van der Waals surface area contributed by atoms with Crippen molar-refractivity contribution in [3.05, 3.63) is 60.2 Å². The van der Waals surface area contributed by atoms with Crippen LogP contribution in [0.25, 0.3) is 10.9 Å². The van der Waals surface area contributed by atoms with Crippen LogP contribution in [-0.2, 0) is 0 Å². The maximum atomic E-state index is 11.5. The first-order valence-corrected chi connectivity index (χ1v) is 7.94. The third-order valence-electron chi connectivity index (χ3n) is 3.29. The zero-order valence-corrected chi connectivity index (χ0v) is 12.7. The lowest BCUT2D eigenvalue weighted by Gasteiger charge is -2.10. The molecule has 0 radical (unpaired) electrons. The average molecular weight is 310 g/mol. The Morgan fingerprint density at radius 1 is 1.14 bits per heavy atom. The van der Waals surface area contributed by atoms with Crippen molar-refractivity contribution in [3.63, 3.8) is 0 Å². The molecule has 0 amide bonds. The molecule has 0 saturated carbocycles. The molecule has 1 aromatic heterocycles. The Morgan fingerprint density at radius 2 is 1.95 bits per heavy atom. The molecule has 3 rings (SSSR count). The van der Waals surface area contributed by atoms with E-state index in [9.17, 15) is 9.90 Å². The van der Waals surface area contributed by atoms with E-state index in [2.05, 4.69) is 10.3 Å². The molecule has 0 fully saturated rings. The fourth-order valence-electron chi connectivity index (χ4n) is 2.27. The number of anilines is 2. The van der Waals surface area contributed by atoms with E-state index >= 15 is 0 Å². The Morgan fingerprint density at radius 3 is 2.73 bits per heavy atom. The van der Waals surface area contributed by atoms with Gasteiger partial charge >= 0.3 is 5.97 Å². The number of para-hydroxylation sites is 1.